The van der Waals surface area contributed by atoms with Gasteiger partial charge in [0.25, 0.3) is 0 Å². The quantitative estimate of drug-likeness (QED) is 0.0848. The summed E-state index contributed by atoms with van der Waals surface area (Å²) in [5.74, 6) is 1.72. The van der Waals surface area contributed by atoms with Gasteiger partial charge >= 0.3 is 0 Å². The molecule has 1 aliphatic rings. The highest BCUT2D eigenvalue weighted by molar-refractivity contribution is 6.77. The minimum Gasteiger partial charge on any atom is -0.497 e. The highest BCUT2D eigenvalue weighted by Crippen LogP contribution is 2.49. The van der Waals surface area contributed by atoms with E-state index in [1.54, 1.807) is 26.7 Å². The van der Waals surface area contributed by atoms with E-state index in [0.717, 1.165) is 52.2 Å². The number of nitrogens with zero attached hydrogens (tertiary/aromatic N) is 4. The molecule has 50 heavy (non-hydrogen) atoms. The fourth-order valence-corrected chi connectivity index (χ4v) is 14.3. The lowest BCUT2D eigenvalue weighted by Crippen LogP contribution is -2.51. The van der Waals surface area contributed by atoms with Gasteiger partial charge in [-0.2, -0.15) is 0 Å². The first kappa shape index (κ1) is 35.8. The number of aromatic nitrogens is 4. The van der Waals surface area contributed by atoms with Crippen molar-refractivity contribution in [1.29, 1.82) is 0 Å². The Kier molecular flexibility index (Phi) is 10.8. The number of ether oxygens (including phenoxy) is 3. The summed E-state index contributed by atoms with van der Waals surface area (Å²) in [6, 6.07) is 27.2. The van der Waals surface area contributed by atoms with Crippen LogP contribution in [-0.2, 0) is 14.8 Å². The fourth-order valence-electron chi connectivity index (χ4n) is 8.63. The predicted molar refractivity (Wildman–Crippen MR) is 201 cm³/mol. The average molecular weight is 693 g/mol. The van der Waals surface area contributed by atoms with E-state index in [1.807, 2.05) is 30.6 Å². The monoisotopic (exact) mass is 692 g/mol. The lowest BCUT2D eigenvalue weighted by atomic mass is 9.80. The van der Waals surface area contributed by atoms with Crippen LogP contribution in [0.1, 0.15) is 77.1 Å². The van der Waals surface area contributed by atoms with E-state index in [0.29, 0.717) is 23.2 Å². The third-order valence-corrected chi connectivity index (χ3v) is 17.1. The Morgan fingerprint density at radius 1 is 0.740 bits per heavy atom. The normalized spacial score (nSPS) is 18.4. The first-order valence-corrected chi connectivity index (χ1v) is 20.1. The van der Waals surface area contributed by atoms with Crippen LogP contribution in [0.2, 0.25) is 16.6 Å². The first-order valence-electron chi connectivity index (χ1n) is 17.9. The van der Waals surface area contributed by atoms with E-state index in [4.69, 9.17) is 18.6 Å². The van der Waals surface area contributed by atoms with Crippen LogP contribution >= 0.6 is 0 Å². The Morgan fingerprint density at radius 3 is 1.84 bits per heavy atom. The Hall–Kier alpha value is -4.05. The van der Waals surface area contributed by atoms with Crippen molar-refractivity contribution in [2.75, 3.05) is 20.8 Å². The van der Waals surface area contributed by atoms with Crippen LogP contribution in [0.4, 0.5) is 0 Å². The van der Waals surface area contributed by atoms with Gasteiger partial charge in [-0.05, 0) is 70.4 Å². The van der Waals surface area contributed by atoms with E-state index in [9.17, 15) is 0 Å². The Labute approximate surface area is 298 Å². The SMILES string of the molecule is COc1ccc(C(OC[C@H]2C[C@@H](n3cnc4cncnc43)C[C@@H]2O[Si](C(C)C)(C(C)C)C(C)C)(c2ccccc2)c2ccc(OC)cc2)cc1. The van der Waals surface area contributed by atoms with Gasteiger partial charge in [0.2, 0.25) is 8.32 Å². The summed E-state index contributed by atoms with van der Waals surface area (Å²) in [6.07, 6.45) is 7.08. The van der Waals surface area contributed by atoms with E-state index in [1.165, 1.54) is 0 Å². The van der Waals surface area contributed by atoms with Crippen LogP contribution in [0.15, 0.2) is 97.7 Å². The zero-order chi connectivity index (χ0) is 35.5. The molecule has 0 radical (unpaired) electrons. The zero-order valence-electron chi connectivity index (χ0n) is 30.7. The molecule has 3 atom stereocenters. The Bertz CT molecular complexity index is 1760. The highest BCUT2D eigenvalue weighted by Gasteiger charge is 2.50. The molecule has 0 bridgehead atoms. The molecule has 264 valence electrons. The fraction of sp³-hybridized carbons (Fsp3) is 0.439. The largest absolute Gasteiger partial charge is 0.497 e. The minimum absolute atomic E-state index is 0.0124. The van der Waals surface area contributed by atoms with Crippen LogP contribution in [0, 0.1) is 5.92 Å². The lowest BCUT2D eigenvalue weighted by Gasteiger charge is -2.45. The third kappa shape index (κ3) is 6.59. The number of rotatable bonds is 14. The molecule has 2 aromatic heterocycles. The molecule has 0 saturated heterocycles. The number of methoxy groups -OCH3 is 2. The van der Waals surface area contributed by atoms with E-state index in [2.05, 4.69) is 116 Å². The van der Waals surface area contributed by atoms with Gasteiger partial charge in [-0.25, -0.2) is 15.0 Å². The molecule has 9 heteroatoms. The van der Waals surface area contributed by atoms with Crippen molar-refractivity contribution < 1.29 is 18.6 Å². The van der Waals surface area contributed by atoms with Gasteiger partial charge in [0.1, 0.15) is 28.9 Å². The van der Waals surface area contributed by atoms with Gasteiger partial charge in [-0.1, -0.05) is 96.1 Å². The molecule has 3 aromatic carbocycles. The molecule has 2 heterocycles. The smallest absolute Gasteiger partial charge is 0.200 e. The number of imidazole rings is 1. The standard InChI is InChI=1S/C41H52N4O4Si/c1-28(2)50(29(3)4,30(5)6)49-39-23-35(45-27-44-38-24-42-26-43-40(38)45)22-31(39)25-48-41(32-12-10-9-11-13-32,33-14-18-36(46-7)19-15-33)34-16-20-37(47-8)21-17-34/h9-21,24,26-31,35,39H,22-23,25H2,1-8H3/t31-,35-,39+/m1/s1. The molecular formula is C41H52N4O4Si. The van der Waals surface area contributed by atoms with Crippen LogP contribution in [0.3, 0.4) is 0 Å². The summed E-state index contributed by atoms with van der Waals surface area (Å²) < 4.78 is 28.5. The van der Waals surface area contributed by atoms with Crippen LogP contribution in [0.5, 0.6) is 11.5 Å². The van der Waals surface area contributed by atoms with E-state index < -0.39 is 13.9 Å². The maximum Gasteiger partial charge on any atom is 0.200 e. The average Bonchev–Trinajstić information content (AvgIpc) is 3.75. The molecule has 1 saturated carbocycles. The summed E-state index contributed by atoms with van der Waals surface area (Å²) in [5, 5.41) is 0. The first-order chi connectivity index (χ1) is 24.1. The van der Waals surface area contributed by atoms with Crippen molar-refractivity contribution >= 4 is 19.5 Å². The topological polar surface area (TPSA) is 80.5 Å². The summed E-state index contributed by atoms with van der Waals surface area (Å²) in [5.41, 5.74) is 5.26. The number of benzene rings is 3. The maximum absolute atomic E-state index is 7.64. The Morgan fingerprint density at radius 2 is 1.30 bits per heavy atom. The van der Waals surface area contributed by atoms with Crippen molar-refractivity contribution in [3.63, 3.8) is 0 Å². The second-order valence-electron chi connectivity index (χ2n) is 14.6. The number of fused-ring (bicyclic) bond motifs is 1. The van der Waals surface area contributed by atoms with Gasteiger partial charge in [0.15, 0.2) is 5.65 Å². The molecule has 0 aliphatic heterocycles. The summed E-state index contributed by atoms with van der Waals surface area (Å²) in [6.45, 7) is 14.7. The van der Waals surface area contributed by atoms with Crippen LogP contribution < -0.4 is 9.47 Å². The molecular weight excluding hydrogens is 641 g/mol. The molecule has 0 N–H and O–H groups in total. The molecule has 0 amide bonds. The van der Waals surface area contributed by atoms with Gasteiger partial charge in [-0.3, -0.25) is 0 Å². The summed E-state index contributed by atoms with van der Waals surface area (Å²) in [4.78, 5) is 13.5. The van der Waals surface area contributed by atoms with Crippen LogP contribution in [-0.4, -0.2) is 54.8 Å². The minimum atomic E-state index is -2.22. The summed E-state index contributed by atoms with van der Waals surface area (Å²) in [7, 11) is 1.17. The molecule has 5 aromatic rings. The molecule has 1 fully saturated rings. The predicted octanol–water partition coefficient (Wildman–Crippen LogP) is 9.36. The zero-order valence-corrected chi connectivity index (χ0v) is 31.7. The second-order valence-corrected chi connectivity index (χ2v) is 20.0. The molecule has 0 spiro atoms. The molecule has 1 aliphatic carbocycles. The maximum atomic E-state index is 7.64. The van der Waals surface area contributed by atoms with Gasteiger partial charge in [-0.15, -0.1) is 0 Å². The van der Waals surface area contributed by atoms with Gasteiger partial charge in [0, 0.05) is 12.0 Å². The highest BCUT2D eigenvalue weighted by atomic mass is 28.4. The van der Waals surface area contributed by atoms with Crippen molar-refractivity contribution in [1.82, 2.24) is 19.5 Å². The molecule has 6 rings (SSSR count). The van der Waals surface area contributed by atoms with Crippen molar-refractivity contribution in [2.24, 2.45) is 5.92 Å². The van der Waals surface area contributed by atoms with Gasteiger partial charge < -0.3 is 23.2 Å². The second kappa shape index (κ2) is 15.0. The van der Waals surface area contributed by atoms with E-state index >= 15 is 0 Å². The lowest BCUT2D eigenvalue weighted by molar-refractivity contribution is -0.0280. The van der Waals surface area contributed by atoms with Crippen molar-refractivity contribution in [2.45, 2.75) is 88.8 Å². The number of hydrogen-bond donors (Lipinski definition) is 0. The molecule has 8 nitrogen and oxygen atoms in total. The molecule has 0 unspecified atom stereocenters. The van der Waals surface area contributed by atoms with Gasteiger partial charge in [0.05, 0.1) is 39.5 Å². The van der Waals surface area contributed by atoms with Crippen molar-refractivity contribution in [3.8, 4) is 11.5 Å². The Balaban J connectivity index is 1.45. The van der Waals surface area contributed by atoms with E-state index in [-0.39, 0.29) is 18.1 Å². The van der Waals surface area contributed by atoms with Crippen molar-refractivity contribution in [3.05, 3.63) is 114 Å². The number of hydrogen-bond acceptors (Lipinski definition) is 7. The third-order valence-electron chi connectivity index (χ3n) is 11.0. The summed E-state index contributed by atoms with van der Waals surface area (Å²) >= 11 is 0. The van der Waals surface area contributed by atoms with Crippen LogP contribution in [0.25, 0.3) is 11.2 Å².